The number of nitrogens with one attached hydrogen (secondary N) is 3. The van der Waals surface area contributed by atoms with Crippen LogP contribution in [0.25, 0.3) is 11.1 Å². The van der Waals surface area contributed by atoms with Gasteiger partial charge in [-0.2, -0.15) is 0 Å². The molecule has 0 aromatic heterocycles. The van der Waals surface area contributed by atoms with Crippen molar-refractivity contribution in [3.63, 3.8) is 0 Å². The number of Topliss-reactive ketones (excluding diaryl/α,β-unsaturated/α-hetero) is 2. The molecule has 0 spiro atoms. The van der Waals surface area contributed by atoms with Gasteiger partial charge in [-0.1, -0.05) is 133 Å². The van der Waals surface area contributed by atoms with E-state index in [4.69, 9.17) is 14.2 Å². The summed E-state index contributed by atoms with van der Waals surface area (Å²) >= 11 is 0. The zero-order valence-corrected chi connectivity index (χ0v) is 40.8. The first-order valence-electron chi connectivity index (χ1n) is 24.3. The molecule has 0 unspecified atom stereocenters. The van der Waals surface area contributed by atoms with E-state index in [1.54, 1.807) is 32.0 Å². The molecule has 13 heteroatoms. The number of esters is 1. The molecule has 0 aliphatic heterocycles. The van der Waals surface area contributed by atoms with E-state index in [-0.39, 0.29) is 62.2 Å². The maximum Gasteiger partial charge on any atom is 0.407 e. The SMILES string of the molecule is Cc1cccc(C[C@H](NC(=O)c2ccc(NC(=O)CCCCCNC(=O)OCC3c4ccccc4-c4ccccc43)cc2F)C(=O)C[C@@H](COCc2ccccc2)C(=O)COC(=O)c2c(C)cccc2C)c1. The van der Waals surface area contributed by atoms with Gasteiger partial charge in [0, 0.05) is 31.0 Å². The number of unbranched alkanes of at least 4 members (excludes halogenated alkanes) is 2. The Bertz CT molecular complexity index is 2840. The molecule has 72 heavy (non-hydrogen) atoms. The van der Waals surface area contributed by atoms with Gasteiger partial charge in [-0.3, -0.25) is 19.2 Å². The van der Waals surface area contributed by atoms with E-state index < -0.39 is 53.9 Å². The van der Waals surface area contributed by atoms with Crippen molar-refractivity contribution in [1.82, 2.24) is 10.6 Å². The van der Waals surface area contributed by atoms with Crippen molar-refractivity contribution < 1.29 is 47.4 Å². The largest absolute Gasteiger partial charge is 0.454 e. The van der Waals surface area contributed by atoms with Crippen molar-refractivity contribution in [3.8, 4) is 11.1 Å². The number of ether oxygens (including phenoxy) is 3. The van der Waals surface area contributed by atoms with Crippen molar-refractivity contribution in [2.24, 2.45) is 5.92 Å². The highest BCUT2D eigenvalue weighted by Gasteiger charge is 2.31. The van der Waals surface area contributed by atoms with Crippen LogP contribution < -0.4 is 16.0 Å². The van der Waals surface area contributed by atoms with Crippen LogP contribution in [0.4, 0.5) is 14.9 Å². The molecular weight excluding hydrogens is 914 g/mol. The summed E-state index contributed by atoms with van der Waals surface area (Å²) in [4.78, 5) is 80.3. The smallest absolute Gasteiger partial charge is 0.407 e. The molecule has 1 aliphatic carbocycles. The van der Waals surface area contributed by atoms with E-state index in [2.05, 4.69) is 40.2 Å². The molecule has 0 saturated heterocycles. The summed E-state index contributed by atoms with van der Waals surface area (Å²) in [5, 5.41) is 8.17. The van der Waals surface area contributed by atoms with Crippen LogP contribution in [0.15, 0.2) is 140 Å². The second-order valence-corrected chi connectivity index (χ2v) is 18.2. The first-order valence-corrected chi connectivity index (χ1v) is 24.3. The number of halogens is 1. The highest BCUT2D eigenvalue weighted by molar-refractivity contribution is 6.00. The molecule has 12 nitrogen and oxygen atoms in total. The number of anilines is 1. The molecular formula is C59H60FN3O9. The fourth-order valence-electron chi connectivity index (χ4n) is 8.99. The molecule has 7 rings (SSSR count). The number of carbonyl (C=O) groups is 6. The fourth-order valence-corrected chi connectivity index (χ4v) is 8.99. The topological polar surface area (TPSA) is 166 Å². The monoisotopic (exact) mass is 973 g/mol. The number of rotatable bonds is 24. The van der Waals surface area contributed by atoms with Crippen molar-refractivity contribution >= 4 is 41.1 Å². The lowest BCUT2D eigenvalue weighted by atomic mass is 9.92. The highest BCUT2D eigenvalue weighted by atomic mass is 19.1. The van der Waals surface area contributed by atoms with Crippen LogP contribution in [-0.2, 0) is 41.6 Å². The van der Waals surface area contributed by atoms with E-state index in [9.17, 15) is 28.8 Å². The molecule has 0 heterocycles. The third kappa shape index (κ3) is 14.2. The number of amides is 3. The van der Waals surface area contributed by atoms with Gasteiger partial charge in [-0.05, 0) is 103 Å². The molecule has 1 aliphatic rings. The summed E-state index contributed by atoms with van der Waals surface area (Å²) < 4.78 is 32.7. The van der Waals surface area contributed by atoms with Crippen LogP contribution in [0, 0.1) is 32.5 Å². The Kier molecular flexibility index (Phi) is 18.4. The molecule has 3 amide bonds. The van der Waals surface area contributed by atoms with E-state index in [0.717, 1.165) is 45.0 Å². The minimum absolute atomic E-state index is 0.0386. The van der Waals surface area contributed by atoms with Gasteiger partial charge in [0.15, 0.2) is 18.2 Å². The van der Waals surface area contributed by atoms with Crippen LogP contribution in [-0.4, -0.2) is 67.9 Å². The average molecular weight is 974 g/mol. The molecule has 0 saturated carbocycles. The number of hydrogen-bond donors (Lipinski definition) is 3. The van der Waals surface area contributed by atoms with E-state index in [1.165, 1.54) is 12.1 Å². The lowest BCUT2D eigenvalue weighted by molar-refractivity contribution is -0.133. The molecule has 3 N–H and O–H groups in total. The summed E-state index contributed by atoms with van der Waals surface area (Å²) in [6, 6.07) is 40.8. The fraction of sp³-hybridized carbons (Fsp3) is 0.288. The normalized spacial score (nSPS) is 12.4. The maximum atomic E-state index is 15.7. The molecule has 6 aromatic carbocycles. The van der Waals surface area contributed by atoms with Gasteiger partial charge in [0.1, 0.15) is 12.4 Å². The number of fused-ring (bicyclic) bond motifs is 3. The van der Waals surface area contributed by atoms with Gasteiger partial charge in [0.25, 0.3) is 5.91 Å². The first kappa shape index (κ1) is 52.1. The Labute approximate surface area is 419 Å². The molecule has 0 radical (unpaired) electrons. The van der Waals surface area contributed by atoms with Crippen molar-refractivity contribution in [2.75, 3.05) is 31.7 Å². The standard InChI is InChI=1S/C59H60FN3O9/c1-38-16-14-21-42(30-38)31-52(53(64)32-43(35-70-34-41-19-6-4-7-20-41)54(65)37-71-58(68)56-39(2)17-15-18-40(56)3)63-57(67)49-28-27-44(33-51(49)60)62-55(66)26-8-5-13-29-61-59(69)72-36-50-47-24-11-9-22-45(47)46-23-10-12-25-48(46)50/h4,6-7,9-12,14-25,27-28,30,33,43,50,52H,5,8,13,26,29,31-32,34-37H2,1-3H3,(H,61,69)(H,62,66)(H,63,67)/t43-,52-/m0/s1. The quantitative estimate of drug-likeness (QED) is 0.0395. The molecule has 2 atom stereocenters. The molecule has 0 fully saturated rings. The van der Waals surface area contributed by atoms with Crippen molar-refractivity contribution in [1.29, 1.82) is 0 Å². The predicted molar refractivity (Wildman–Crippen MR) is 273 cm³/mol. The summed E-state index contributed by atoms with van der Waals surface area (Å²) in [5.74, 6) is -4.93. The van der Waals surface area contributed by atoms with Crippen LogP contribution in [0.5, 0.6) is 0 Å². The highest BCUT2D eigenvalue weighted by Crippen LogP contribution is 2.44. The zero-order chi connectivity index (χ0) is 51.0. The van der Waals surface area contributed by atoms with Gasteiger partial charge in [-0.15, -0.1) is 0 Å². The average Bonchev–Trinajstić information content (AvgIpc) is 3.69. The van der Waals surface area contributed by atoms with E-state index in [0.29, 0.717) is 42.5 Å². The lowest BCUT2D eigenvalue weighted by Gasteiger charge is -2.22. The maximum absolute atomic E-state index is 15.7. The number of alkyl carbamates (subject to hydrolysis) is 1. The number of benzene rings is 6. The minimum atomic E-state index is -1.19. The van der Waals surface area contributed by atoms with Crippen molar-refractivity contribution in [2.45, 2.75) is 77.9 Å². The Balaban J connectivity index is 0.905. The third-order valence-corrected chi connectivity index (χ3v) is 12.8. The third-order valence-electron chi connectivity index (χ3n) is 12.8. The van der Waals surface area contributed by atoms with Gasteiger partial charge >= 0.3 is 12.1 Å². The number of ketones is 2. The Morgan fingerprint density at radius 2 is 1.33 bits per heavy atom. The summed E-state index contributed by atoms with van der Waals surface area (Å²) in [5.41, 5.74) is 8.60. The Morgan fingerprint density at radius 1 is 0.667 bits per heavy atom. The van der Waals surface area contributed by atoms with Crippen molar-refractivity contribution in [3.05, 3.63) is 195 Å². The number of carbonyl (C=O) groups excluding carboxylic acids is 6. The molecule has 6 aromatic rings. The summed E-state index contributed by atoms with van der Waals surface area (Å²) in [6.45, 7) is 5.41. The lowest BCUT2D eigenvalue weighted by Crippen LogP contribution is -2.44. The van der Waals surface area contributed by atoms with Gasteiger partial charge in [0.05, 0.1) is 36.3 Å². The Hall–Kier alpha value is -7.77. The van der Waals surface area contributed by atoms with E-state index >= 15 is 4.39 Å². The van der Waals surface area contributed by atoms with Gasteiger partial charge < -0.3 is 30.2 Å². The Morgan fingerprint density at radius 3 is 2.03 bits per heavy atom. The van der Waals surface area contributed by atoms with Gasteiger partial charge in [0.2, 0.25) is 5.91 Å². The van der Waals surface area contributed by atoms with Gasteiger partial charge in [-0.25, -0.2) is 14.0 Å². The second kappa shape index (κ2) is 25.4. The van der Waals surface area contributed by atoms with Crippen LogP contribution in [0.1, 0.15) is 97.7 Å². The zero-order valence-electron chi connectivity index (χ0n) is 40.8. The van der Waals surface area contributed by atoms with Crippen LogP contribution >= 0.6 is 0 Å². The molecule has 372 valence electrons. The number of hydrogen-bond acceptors (Lipinski definition) is 9. The summed E-state index contributed by atoms with van der Waals surface area (Å²) in [6.07, 6.45) is 1.09. The van der Waals surface area contributed by atoms with E-state index in [1.807, 2.05) is 85.8 Å². The van der Waals surface area contributed by atoms with Crippen LogP contribution in [0.3, 0.4) is 0 Å². The van der Waals surface area contributed by atoms with Crippen LogP contribution in [0.2, 0.25) is 0 Å². The minimum Gasteiger partial charge on any atom is -0.454 e. The second-order valence-electron chi connectivity index (χ2n) is 18.2. The number of aryl methyl sites for hydroxylation is 3. The first-order chi connectivity index (χ1) is 34.8. The summed E-state index contributed by atoms with van der Waals surface area (Å²) in [7, 11) is 0. The molecule has 0 bridgehead atoms. The predicted octanol–water partition coefficient (Wildman–Crippen LogP) is 10.3.